The van der Waals surface area contributed by atoms with Gasteiger partial charge in [0.15, 0.2) is 5.65 Å². The van der Waals surface area contributed by atoms with E-state index in [1.165, 1.54) is 0 Å². The molecule has 140 valence electrons. The molecule has 1 aromatic carbocycles. The van der Waals surface area contributed by atoms with Crippen LogP contribution >= 0.6 is 0 Å². The summed E-state index contributed by atoms with van der Waals surface area (Å²) >= 11 is 0. The number of fused-ring (bicyclic) bond motifs is 1. The van der Waals surface area contributed by atoms with E-state index in [0.717, 1.165) is 54.2 Å². The number of carbonyl (C=O) groups is 1. The first kappa shape index (κ1) is 17.5. The summed E-state index contributed by atoms with van der Waals surface area (Å²) < 4.78 is 2.22. The van der Waals surface area contributed by atoms with Gasteiger partial charge in [-0.25, -0.2) is 14.8 Å². The van der Waals surface area contributed by atoms with E-state index in [1.807, 2.05) is 54.4 Å². The van der Waals surface area contributed by atoms with E-state index < -0.39 is 0 Å². The third kappa shape index (κ3) is 3.52. The molecular formula is C21H25N5O. The molecule has 4 rings (SSSR count). The van der Waals surface area contributed by atoms with Crippen LogP contribution in [0.1, 0.15) is 37.1 Å². The Labute approximate surface area is 159 Å². The lowest BCUT2D eigenvalue weighted by atomic mass is 10.1. The summed E-state index contributed by atoms with van der Waals surface area (Å²) in [6.07, 6.45) is 3.77. The molecule has 1 atom stereocenters. The van der Waals surface area contributed by atoms with Gasteiger partial charge in [0.1, 0.15) is 11.3 Å². The maximum absolute atomic E-state index is 12.7. The van der Waals surface area contributed by atoms with Crippen LogP contribution in [0, 0.1) is 6.92 Å². The summed E-state index contributed by atoms with van der Waals surface area (Å²) in [5.41, 5.74) is 3.85. The summed E-state index contributed by atoms with van der Waals surface area (Å²) in [5.74, 6) is 1.30. The quantitative estimate of drug-likeness (QED) is 0.757. The summed E-state index contributed by atoms with van der Waals surface area (Å²) in [5, 5.41) is 3.01. The molecule has 3 heterocycles. The van der Waals surface area contributed by atoms with Crippen molar-refractivity contribution in [1.29, 1.82) is 0 Å². The number of likely N-dealkylation sites (tertiary alicyclic amines) is 1. The molecule has 0 saturated carbocycles. The fourth-order valence-corrected chi connectivity index (χ4v) is 3.81. The Hall–Kier alpha value is -2.89. The zero-order valence-electron chi connectivity index (χ0n) is 15.9. The minimum atomic E-state index is -0.0422. The van der Waals surface area contributed by atoms with Crippen LogP contribution in [0.25, 0.3) is 11.2 Å². The fraction of sp³-hybridized carbons (Fsp3) is 0.381. The number of anilines is 1. The van der Waals surface area contributed by atoms with Crippen molar-refractivity contribution in [3.63, 3.8) is 0 Å². The van der Waals surface area contributed by atoms with Gasteiger partial charge >= 0.3 is 6.03 Å². The molecule has 6 heteroatoms. The lowest BCUT2D eigenvalue weighted by Crippen LogP contribution is -2.33. The second kappa shape index (κ2) is 7.39. The number of hydrogen-bond acceptors (Lipinski definition) is 3. The van der Waals surface area contributed by atoms with E-state index in [9.17, 15) is 4.79 Å². The Kier molecular flexibility index (Phi) is 4.79. The normalized spacial score (nSPS) is 16.8. The zero-order chi connectivity index (χ0) is 18.8. The van der Waals surface area contributed by atoms with Crippen molar-refractivity contribution in [2.45, 2.75) is 39.2 Å². The molecule has 1 fully saturated rings. The molecule has 0 spiro atoms. The second-order valence-corrected chi connectivity index (χ2v) is 7.20. The van der Waals surface area contributed by atoms with Crippen molar-refractivity contribution in [2.24, 2.45) is 0 Å². The third-order valence-corrected chi connectivity index (χ3v) is 5.09. The van der Waals surface area contributed by atoms with Gasteiger partial charge in [0, 0.05) is 37.4 Å². The molecule has 0 aliphatic carbocycles. The molecule has 1 saturated heterocycles. The number of urea groups is 1. The average molecular weight is 363 g/mol. The number of carbonyl (C=O) groups excluding carboxylic acids is 1. The highest BCUT2D eigenvalue weighted by atomic mass is 16.2. The smallest absolute Gasteiger partial charge is 0.321 e. The molecule has 2 amide bonds. The van der Waals surface area contributed by atoms with E-state index in [2.05, 4.69) is 21.8 Å². The Bertz CT molecular complexity index is 964. The monoisotopic (exact) mass is 363 g/mol. The molecule has 1 aliphatic heterocycles. The Balaban J connectivity index is 1.52. The highest BCUT2D eigenvalue weighted by Crippen LogP contribution is 2.29. The Morgan fingerprint density at radius 2 is 2.19 bits per heavy atom. The zero-order valence-corrected chi connectivity index (χ0v) is 15.9. The van der Waals surface area contributed by atoms with Crippen LogP contribution in [-0.2, 0) is 6.54 Å². The second-order valence-electron chi connectivity index (χ2n) is 7.20. The predicted octanol–water partition coefficient (Wildman–Crippen LogP) is 4.17. The summed E-state index contributed by atoms with van der Waals surface area (Å²) in [6, 6.07) is 11.8. The van der Waals surface area contributed by atoms with Crippen molar-refractivity contribution < 1.29 is 4.79 Å². The molecule has 6 nitrogen and oxygen atoms in total. The summed E-state index contributed by atoms with van der Waals surface area (Å²) in [7, 11) is 0. The van der Waals surface area contributed by atoms with E-state index in [4.69, 9.17) is 4.98 Å². The summed E-state index contributed by atoms with van der Waals surface area (Å²) in [4.78, 5) is 23.9. The molecule has 0 bridgehead atoms. The number of aromatic nitrogens is 3. The van der Waals surface area contributed by atoms with Gasteiger partial charge < -0.3 is 14.8 Å². The van der Waals surface area contributed by atoms with Gasteiger partial charge in [-0.15, -0.1) is 0 Å². The van der Waals surface area contributed by atoms with Crippen LogP contribution in [0.2, 0.25) is 0 Å². The topological polar surface area (TPSA) is 63.1 Å². The number of benzene rings is 1. The van der Waals surface area contributed by atoms with Gasteiger partial charge in [0.25, 0.3) is 0 Å². The number of nitrogens with zero attached hydrogens (tertiary/aromatic N) is 4. The number of nitrogens with one attached hydrogen (secondary N) is 1. The highest BCUT2D eigenvalue weighted by molar-refractivity contribution is 5.89. The SMILES string of the molecule is CCCn1c([C@@H]2CCN(C(=O)Nc3cccc(C)c3)C2)nc2cccnc21. The molecule has 27 heavy (non-hydrogen) atoms. The van der Waals surface area contributed by atoms with Gasteiger partial charge in [0.05, 0.1) is 0 Å². The Morgan fingerprint density at radius 3 is 3.00 bits per heavy atom. The first-order valence-corrected chi connectivity index (χ1v) is 9.59. The number of imidazole rings is 1. The number of rotatable bonds is 4. The van der Waals surface area contributed by atoms with Gasteiger partial charge in [-0.2, -0.15) is 0 Å². The van der Waals surface area contributed by atoms with Crippen LogP contribution in [0.15, 0.2) is 42.6 Å². The Morgan fingerprint density at radius 1 is 1.30 bits per heavy atom. The number of pyridine rings is 1. The highest BCUT2D eigenvalue weighted by Gasteiger charge is 2.31. The largest absolute Gasteiger partial charge is 0.324 e. The molecule has 1 aliphatic rings. The fourth-order valence-electron chi connectivity index (χ4n) is 3.81. The number of amides is 2. The molecule has 0 radical (unpaired) electrons. The van der Waals surface area contributed by atoms with Crippen molar-refractivity contribution in [3.05, 3.63) is 54.0 Å². The first-order chi connectivity index (χ1) is 13.2. The minimum Gasteiger partial charge on any atom is -0.324 e. The van der Waals surface area contributed by atoms with E-state index >= 15 is 0 Å². The molecule has 1 N–H and O–H groups in total. The van der Waals surface area contributed by atoms with Crippen molar-refractivity contribution in [3.8, 4) is 0 Å². The summed E-state index contributed by atoms with van der Waals surface area (Å²) in [6.45, 7) is 6.51. The predicted molar refractivity (Wildman–Crippen MR) is 107 cm³/mol. The van der Waals surface area contributed by atoms with Gasteiger partial charge in [-0.3, -0.25) is 0 Å². The van der Waals surface area contributed by atoms with Crippen LogP contribution in [0.5, 0.6) is 0 Å². The lowest BCUT2D eigenvalue weighted by Gasteiger charge is -2.18. The molecular weight excluding hydrogens is 338 g/mol. The minimum absolute atomic E-state index is 0.0422. The number of aryl methyl sites for hydroxylation is 2. The lowest BCUT2D eigenvalue weighted by molar-refractivity contribution is 0.222. The molecule has 2 aromatic heterocycles. The van der Waals surface area contributed by atoms with Crippen LogP contribution in [0.3, 0.4) is 0 Å². The molecule has 3 aromatic rings. The third-order valence-electron chi connectivity index (χ3n) is 5.09. The van der Waals surface area contributed by atoms with Crippen molar-refractivity contribution in [1.82, 2.24) is 19.4 Å². The maximum Gasteiger partial charge on any atom is 0.321 e. The van der Waals surface area contributed by atoms with Gasteiger partial charge in [0.2, 0.25) is 0 Å². The van der Waals surface area contributed by atoms with Gasteiger partial charge in [-0.05, 0) is 49.6 Å². The maximum atomic E-state index is 12.7. The number of hydrogen-bond donors (Lipinski definition) is 1. The van der Waals surface area contributed by atoms with Crippen LogP contribution in [-0.4, -0.2) is 38.6 Å². The van der Waals surface area contributed by atoms with Crippen molar-refractivity contribution in [2.75, 3.05) is 18.4 Å². The first-order valence-electron chi connectivity index (χ1n) is 9.59. The van der Waals surface area contributed by atoms with E-state index in [-0.39, 0.29) is 11.9 Å². The van der Waals surface area contributed by atoms with E-state index in [1.54, 1.807) is 0 Å². The average Bonchev–Trinajstić information content (AvgIpc) is 3.27. The van der Waals surface area contributed by atoms with Crippen LogP contribution < -0.4 is 5.32 Å². The van der Waals surface area contributed by atoms with Crippen molar-refractivity contribution >= 4 is 22.9 Å². The van der Waals surface area contributed by atoms with E-state index in [0.29, 0.717) is 6.54 Å². The molecule has 0 unspecified atom stereocenters. The van der Waals surface area contributed by atoms with Crippen LogP contribution in [0.4, 0.5) is 10.5 Å². The standard InChI is InChI=1S/C21H25N5O/c1-3-11-26-19(24-18-8-5-10-22-20(18)26)16-9-12-25(14-16)21(27)23-17-7-4-6-15(2)13-17/h4-8,10,13,16H,3,9,11-12,14H2,1-2H3,(H,23,27)/t16-/m1/s1. The van der Waals surface area contributed by atoms with Gasteiger partial charge in [-0.1, -0.05) is 19.1 Å².